The van der Waals surface area contributed by atoms with E-state index in [1.165, 1.54) is 0 Å². The highest BCUT2D eigenvalue weighted by molar-refractivity contribution is 7.09. The molecule has 0 aromatic carbocycles. The summed E-state index contributed by atoms with van der Waals surface area (Å²) in [5.74, 6) is -0.0685. The zero-order valence-electron chi connectivity index (χ0n) is 10.9. The van der Waals surface area contributed by atoms with Gasteiger partial charge < -0.3 is 10.2 Å². The molecule has 1 aromatic rings. The Balaban J connectivity index is 2.25. The fourth-order valence-corrected chi connectivity index (χ4v) is 2.79. The molecule has 1 N–H and O–H groups in total. The van der Waals surface area contributed by atoms with Crippen LogP contribution in [0, 0.1) is 0 Å². The molecule has 18 heavy (non-hydrogen) atoms. The fourth-order valence-electron chi connectivity index (χ4n) is 2.08. The van der Waals surface area contributed by atoms with E-state index in [0.717, 1.165) is 4.88 Å². The molecule has 5 heteroatoms. The molecule has 2 amide bonds. The third-order valence-electron chi connectivity index (χ3n) is 3.59. The zero-order valence-corrected chi connectivity index (χ0v) is 11.7. The largest absolute Gasteiger partial charge is 0.340 e. The summed E-state index contributed by atoms with van der Waals surface area (Å²) in [7, 11) is 0. The Bertz CT molecular complexity index is 458. The number of thiophene rings is 1. The monoisotopic (exact) mass is 266 g/mol. The summed E-state index contributed by atoms with van der Waals surface area (Å²) in [6, 6.07) is 3.54. The molecule has 1 fully saturated rings. The second-order valence-electron chi connectivity index (χ2n) is 4.86. The van der Waals surface area contributed by atoms with Crippen LogP contribution in [-0.4, -0.2) is 28.3 Å². The number of amides is 2. The minimum Gasteiger partial charge on any atom is -0.340 e. The Hall–Kier alpha value is -1.36. The van der Waals surface area contributed by atoms with Gasteiger partial charge in [-0.3, -0.25) is 9.59 Å². The molecule has 1 aliphatic rings. The lowest BCUT2D eigenvalue weighted by atomic mass is 9.92. The molecule has 0 radical (unpaired) electrons. The van der Waals surface area contributed by atoms with Gasteiger partial charge in [-0.25, -0.2) is 0 Å². The lowest BCUT2D eigenvalue weighted by Crippen LogP contribution is -2.67. The van der Waals surface area contributed by atoms with Crippen LogP contribution >= 0.6 is 11.3 Å². The number of nitrogens with zero attached hydrogens (tertiary/aromatic N) is 1. The SMILES string of the molecule is CCC1(C)NC(=O)C(C)N(Cc2cccs2)C1=O. The van der Waals surface area contributed by atoms with Crippen LogP contribution in [0.5, 0.6) is 0 Å². The molecular formula is C13H18N2O2S. The highest BCUT2D eigenvalue weighted by Crippen LogP contribution is 2.24. The standard InChI is InChI=1S/C13H18N2O2S/c1-4-13(3)12(17)15(9(2)11(16)14-13)8-10-6-5-7-18-10/h5-7,9H,4,8H2,1-3H3,(H,14,16). The second kappa shape index (κ2) is 4.72. The number of hydrogen-bond donors (Lipinski definition) is 1. The number of rotatable bonds is 3. The van der Waals surface area contributed by atoms with E-state index in [1.54, 1.807) is 30.1 Å². The van der Waals surface area contributed by atoms with E-state index in [1.807, 2.05) is 24.4 Å². The van der Waals surface area contributed by atoms with Crippen LogP contribution in [0.4, 0.5) is 0 Å². The lowest BCUT2D eigenvalue weighted by Gasteiger charge is -2.42. The van der Waals surface area contributed by atoms with Crippen molar-refractivity contribution in [1.82, 2.24) is 10.2 Å². The average molecular weight is 266 g/mol. The quantitative estimate of drug-likeness (QED) is 0.906. The van der Waals surface area contributed by atoms with Crippen LogP contribution in [0.3, 0.4) is 0 Å². The van der Waals surface area contributed by atoms with Gasteiger partial charge in [-0.05, 0) is 31.7 Å². The molecule has 2 unspecified atom stereocenters. The molecule has 1 aromatic heterocycles. The minimum absolute atomic E-state index is 0.00509. The maximum atomic E-state index is 12.5. The van der Waals surface area contributed by atoms with Crippen LogP contribution in [0.15, 0.2) is 17.5 Å². The first kappa shape index (κ1) is 13.1. The van der Waals surface area contributed by atoms with Gasteiger partial charge in [0.25, 0.3) is 0 Å². The van der Waals surface area contributed by atoms with Crippen LogP contribution in [-0.2, 0) is 16.1 Å². The molecule has 98 valence electrons. The van der Waals surface area contributed by atoms with Crippen molar-refractivity contribution in [2.24, 2.45) is 0 Å². The fraction of sp³-hybridized carbons (Fsp3) is 0.538. The first-order valence-corrected chi connectivity index (χ1v) is 7.01. The number of carbonyl (C=O) groups is 2. The molecule has 0 bridgehead atoms. The van der Waals surface area contributed by atoms with Crippen molar-refractivity contribution in [3.05, 3.63) is 22.4 Å². The van der Waals surface area contributed by atoms with Gasteiger partial charge in [0.1, 0.15) is 11.6 Å². The lowest BCUT2D eigenvalue weighted by molar-refractivity contribution is -0.154. The van der Waals surface area contributed by atoms with Crippen molar-refractivity contribution in [3.8, 4) is 0 Å². The van der Waals surface area contributed by atoms with E-state index in [2.05, 4.69) is 5.32 Å². The molecule has 1 saturated heterocycles. The Morgan fingerprint density at radius 1 is 1.50 bits per heavy atom. The van der Waals surface area contributed by atoms with E-state index in [-0.39, 0.29) is 11.8 Å². The molecule has 1 aliphatic heterocycles. The molecular weight excluding hydrogens is 248 g/mol. The molecule has 2 atom stereocenters. The Kier molecular flexibility index (Phi) is 3.43. The van der Waals surface area contributed by atoms with Crippen molar-refractivity contribution >= 4 is 23.2 Å². The van der Waals surface area contributed by atoms with E-state index in [4.69, 9.17) is 0 Å². The molecule has 0 saturated carbocycles. The van der Waals surface area contributed by atoms with E-state index >= 15 is 0 Å². The second-order valence-corrected chi connectivity index (χ2v) is 5.90. The van der Waals surface area contributed by atoms with Gasteiger partial charge in [-0.15, -0.1) is 11.3 Å². The molecule has 2 rings (SSSR count). The van der Waals surface area contributed by atoms with Gasteiger partial charge in [0.05, 0.1) is 6.54 Å². The molecule has 0 spiro atoms. The predicted molar refractivity (Wildman–Crippen MR) is 71.2 cm³/mol. The van der Waals surface area contributed by atoms with Gasteiger partial charge in [0.15, 0.2) is 0 Å². The Morgan fingerprint density at radius 3 is 2.78 bits per heavy atom. The molecule has 2 heterocycles. The first-order chi connectivity index (χ1) is 8.48. The molecule has 0 aliphatic carbocycles. The number of nitrogens with one attached hydrogen (secondary N) is 1. The van der Waals surface area contributed by atoms with Gasteiger partial charge in [-0.1, -0.05) is 13.0 Å². The Morgan fingerprint density at radius 2 is 2.22 bits per heavy atom. The van der Waals surface area contributed by atoms with Crippen molar-refractivity contribution in [2.75, 3.05) is 0 Å². The summed E-state index contributed by atoms with van der Waals surface area (Å²) in [4.78, 5) is 27.2. The minimum atomic E-state index is -0.763. The van der Waals surface area contributed by atoms with Gasteiger partial charge >= 0.3 is 0 Å². The van der Waals surface area contributed by atoms with Crippen LogP contribution in [0.2, 0.25) is 0 Å². The highest BCUT2D eigenvalue weighted by Gasteiger charge is 2.45. The van der Waals surface area contributed by atoms with Crippen molar-refractivity contribution in [2.45, 2.75) is 45.3 Å². The van der Waals surface area contributed by atoms with Crippen LogP contribution in [0.25, 0.3) is 0 Å². The third kappa shape index (κ3) is 2.14. The maximum Gasteiger partial charge on any atom is 0.249 e. The summed E-state index contributed by atoms with van der Waals surface area (Å²) in [6.45, 7) is 5.99. The van der Waals surface area contributed by atoms with E-state index in [0.29, 0.717) is 13.0 Å². The van der Waals surface area contributed by atoms with Crippen molar-refractivity contribution in [1.29, 1.82) is 0 Å². The van der Waals surface area contributed by atoms with E-state index in [9.17, 15) is 9.59 Å². The highest BCUT2D eigenvalue weighted by atomic mass is 32.1. The first-order valence-electron chi connectivity index (χ1n) is 6.13. The number of piperazine rings is 1. The topological polar surface area (TPSA) is 49.4 Å². The average Bonchev–Trinajstić information content (AvgIpc) is 2.85. The number of hydrogen-bond acceptors (Lipinski definition) is 3. The molecule has 4 nitrogen and oxygen atoms in total. The third-order valence-corrected chi connectivity index (χ3v) is 4.45. The zero-order chi connectivity index (χ0) is 13.3. The van der Waals surface area contributed by atoms with E-state index < -0.39 is 11.6 Å². The Labute approximate surface area is 111 Å². The van der Waals surface area contributed by atoms with Crippen LogP contribution < -0.4 is 5.32 Å². The smallest absolute Gasteiger partial charge is 0.249 e. The summed E-state index contributed by atoms with van der Waals surface area (Å²) >= 11 is 1.60. The van der Waals surface area contributed by atoms with Crippen LogP contribution in [0.1, 0.15) is 32.1 Å². The van der Waals surface area contributed by atoms with Crippen molar-refractivity contribution < 1.29 is 9.59 Å². The summed E-state index contributed by atoms with van der Waals surface area (Å²) in [5.41, 5.74) is -0.763. The summed E-state index contributed by atoms with van der Waals surface area (Å²) in [5, 5.41) is 4.80. The van der Waals surface area contributed by atoms with Crippen molar-refractivity contribution in [3.63, 3.8) is 0 Å². The summed E-state index contributed by atoms with van der Waals surface area (Å²) < 4.78 is 0. The number of carbonyl (C=O) groups excluding carboxylic acids is 2. The normalized spacial score (nSPS) is 28.4. The summed E-state index contributed by atoms with van der Waals surface area (Å²) in [6.07, 6.45) is 0.602. The predicted octanol–water partition coefficient (Wildman–Crippen LogP) is 1.76. The van der Waals surface area contributed by atoms with Gasteiger partial charge in [0, 0.05) is 4.88 Å². The van der Waals surface area contributed by atoms with Gasteiger partial charge in [-0.2, -0.15) is 0 Å². The maximum absolute atomic E-state index is 12.5. The van der Waals surface area contributed by atoms with Gasteiger partial charge in [0.2, 0.25) is 11.8 Å².